The number of carbonyl (C=O) groups is 1. The molecule has 1 amide bonds. The summed E-state index contributed by atoms with van der Waals surface area (Å²) in [5.41, 5.74) is 0.203. The lowest BCUT2D eigenvalue weighted by Gasteiger charge is -2.15. The van der Waals surface area contributed by atoms with Gasteiger partial charge in [0.2, 0.25) is 0 Å². The van der Waals surface area contributed by atoms with E-state index in [0.29, 0.717) is 21.5 Å². The number of amides is 1. The SMILES string of the molecule is C[C@@H](Oc1ccc(Cl)c(Cl)c1)C(=O)Nc1cccc([N+](=O)[O-])c1. The molecule has 0 aromatic heterocycles. The van der Waals surface area contributed by atoms with Gasteiger partial charge in [0.05, 0.1) is 15.0 Å². The molecule has 2 rings (SSSR count). The zero-order chi connectivity index (χ0) is 17.0. The molecule has 0 radical (unpaired) electrons. The average molecular weight is 355 g/mol. The van der Waals surface area contributed by atoms with Crippen molar-refractivity contribution < 1.29 is 14.5 Å². The summed E-state index contributed by atoms with van der Waals surface area (Å²) in [7, 11) is 0. The number of rotatable bonds is 5. The summed E-state index contributed by atoms with van der Waals surface area (Å²) >= 11 is 11.7. The van der Waals surface area contributed by atoms with Crippen LogP contribution in [-0.2, 0) is 4.79 Å². The number of benzene rings is 2. The lowest BCUT2D eigenvalue weighted by atomic mass is 10.2. The molecule has 0 aliphatic rings. The number of nitro groups is 1. The molecule has 1 N–H and O–H groups in total. The standard InChI is InChI=1S/C15H12Cl2N2O4/c1-9(23-12-5-6-13(16)14(17)8-12)15(20)18-10-3-2-4-11(7-10)19(21)22/h2-9H,1H3,(H,18,20)/t9-/m1/s1. The van der Waals surface area contributed by atoms with Crippen LogP contribution in [0.25, 0.3) is 0 Å². The van der Waals surface area contributed by atoms with E-state index >= 15 is 0 Å². The molecule has 0 unspecified atom stereocenters. The highest BCUT2D eigenvalue weighted by Crippen LogP contribution is 2.27. The Morgan fingerprint density at radius 3 is 2.61 bits per heavy atom. The molecule has 0 spiro atoms. The minimum absolute atomic E-state index is 0.110. The van der Waals surface area contributed by atoms with E-state index in [1.54, 1.807) is 25.1 Å². The van der Waals surface area contributed by atoms with E-state index in [1.165, 1.54) is 24.3 Å². The number of nitrogens with zero attached hydrogens (tertiary/aromatic N) is 1. The number of ether oxygens (including phenoxy) is 1. The quantitative estimate of drug-likeness (QED) is 0.640. The molecule has 1 atom stereocenters. The van der Waals surface area contributed by atoms with Crippen molar-refractivity contribution in [2.45, 2.75) is 13.0 Å². The topological polar surface area (TPSA) is 81.5 Å². The lowest BCUT2D eigenvalue weighted by Crippen LogP contribution is -2.30. The van der Waals surface area contributed by atoms with E-state index < -0.39 is 16.9 Å². The van der Waals surface area contributed by atoms with Crippen LogP contribution in [-0.4, -0.2) is 16.9 Å². The summed E-state index contributed by atoms with van der Waals surface area (Å²) < 4.78 is 5.47. The third kappa shape index (κ3) is 4.58. The predicted molar refractivity (Wildman–Crippen MR) is 88.3 cm³/mol. The first-order valence-corrected chi connectivity index (χ1v) is 7.29. The van der Waals surface area contributed by atoms with Gasteiger partial charge < -0.3 is 10.1 Å². The number of hydrogen-bond acceptors (Lipinski definition) is 4. The molecular weight excluding hydrogens is 343 g/mol. The third-order valence-corrected chi connectivity index (χ3v) is 3.64. The first-order valence-electron chi connectivity index (χ1n) is 6.54. The van der Waals surface area contributed by atoms with Gasteiger partial charge in [-0.2, -0.15) is 0 Å². The van der Waals surface area contributed by atoms with Crippen LogP contribution in [0.2, 0.25) is 10.0 Å². The van der Waals surface area contributed by atoms with Gasteiger partial charge in [-0.1, -0.05) is 29.3 Å². The summed E-state index contributed by atoms with van der Waals surface area (Å²) in [6.07, 6.45) is -0.827. The average Bonchev–Trinajstić information content (AvgIpc) is 2.51. The molecule has 8 heteroatoms. The number of nitro benzene ring substituents is 1. The zero-order valence-electron chi connectivity index (χ0n) is 12.0. The van der Waals surface area contributed by atoms with E-state index in [0.717, 1.165) is 0 Å². The first kappa shape index (κ1) is 17.1. The van der Waals surface area contributed by atoms with Crippen molar-refractivity contribution >= 4 is 40.5 Å². The number of hydrogen-bond donors (Lipinski definition) is 1. The van der Waals surface area contributed by atoms with Crippen molar-refractivity contribution in [1.82, 2.24) is 0 Å². The molecule has 0 aliphatic heterocycles. The van der Waals surface area contributed by atoms with E-state index in [9.17, 15) is 14.9 Å². The monoisotopic (exact) mass is 354 g/mol. The van der Waals surface area contributed by atoms with Crippen molar-refractivity contribution in [3.63, 3.8) is 0 Å². The summed E-state index contributed by atoms with van der Waals surface area (Å²) in [4.78, 5) is 22.3. The van der Waals surface area contributed by atoms with Crippen LogP contribution in [0.15, 0.2) is 42.5 Å². The van der Waals surface area contributed by atoms with Crippen LogP contribution in [0.5, 0.6) is 5.75 Å². The van der Waals surface area contributed by atoms with E-state index in [1.807, 2.05) is 0 Å². The van der Waals surface area contributed by atoms with Crippen molar-refractivity contribution in [2.24, 2.45) is 0 Å². The molecule has 0 heterocycles. The Hall–Kier alpha value is -2.31. The highest BCUT2D eigenvalue weighted by atomic mass is 35.5. The maximum absolute atomic E-state index is 12.1. The summed E-state index contributed by atoms with van der Waals surface area (Å²) in [6, 6.07) is 10.3. The molecule has 2 aromatic rings. The number of carbonyl (C=O) groups excluding carboxylic acids is 1. The molecule has 2 aromatic carbocycles. The molecule has 0 saturated carbocycles. The van der Waals surface area contributed by atoms with Gasteiger partial charge in [0.15, 0.2) is 6.10 Å². The van der Waals surface area contributed by atoms with Crippen LogP contribution in [0.3, 0.4) is 0 Å². The van der Waals surface area contributed by atoms with Crippen molar-refractivity contribution in [2.75, 3.05) is 5.32 Å². The van der Waals surface area contributed by atoms with Crippen molar-refractivity contribution in [3.05, 3.63) is 62.6 Å². The third-order valence-electron chi connectivity index (χ3n) is 2.90. The number of anilines is 1. The zero-order valence-corrected chi connectivity index (χ0v) is 13.5. The van der Waals surface area contributed by atoms with Gasteiger partial charge in [0.1, 0.15) is 5.75 Å². The Balaban J connectivity index is 2.03. The van der Waals surface area contributed by atoms with Crippen LogP contribution in [0, 0.1) is 10.1 Å². The van der Waals surface area contributed by atoms with E-state index in [4.69, 9.17) is 27.9 Å². The number of non-ortho nitro benzene ring substituents is 1. The molecule has 0 bridgehead atoms. The minimum atomic E-state index is -0.827. The van der Waals surface area contributed by atoms with E-state index in [-0.39, 0.29) is 5.69 Å². The number of halogens is 2. The van der Waals surface area contributed by atoms with Gasteiger partial charge >= 0.3 is 0 Å². The van der Waals surface area contributed by atoms with Gasteiger partial charge in [-0.3, -0.25) is 14.9 Å². The molecule has 23 heavy (non-hydrogen) atoms. The summed E-state index contributed by atoms with van der Waals surface area (Å²) in [5, 5.41) is 14.0. The Kier molecular flexibility index (Phi) is 5.41. The van der Waals surface area contributed by atoms with Crippen molar-refractivity contribution in [3.8, 4) is 5.75 Å². The van der Waals surface area contributed by atoms with Gasteiger partial charge in [0, 0.05) is 23.9 Å². The number of nitrogens with one attached hydrogen (secondary N) is 1. The van der Waals surface area contributed by atoms with Gasteiger partial charge in [-0.25, -0.2) is 0 Å². The van der Waals surface area contributed by atoms with Gasteiger partial charge in [-0.05, 0) is 25.1 Å². The van der Waals surface area contributed by atoms with Crippen LogP contribution in [0.1, 0.15) is 6.92 Å². The van der Waals surface area contributed by atoms with Crippen molar-refractivity contribution in [1.29, 1.82) is 0 Å². The largest absolute Gasteiger partial charge is 0.481 e. The normalized spacial score (nSPS) is 11.6. The maximum atomic E-state index is 12.1. The fraction of sp³-hybridized carbons (Fsp3) is 0.133. The van der Waals surface area contributed by atoms with Gasteiger partial charge in [0.25, 0.3) is 11.6 Å². The van der Waals surface area contributed by atoms with Crippen LogP contribution >= 0.6 is 23.2 Å². The molecule has 120 valence electrons. The fourth-order valence-corrected chi connectivity index (χ4v) is 2.04. The Morgan fingerprint density at radius 1 is 1.22 bits per heavy atom. The highest BCUT2D eigenvalue weighted by Gasteiger charge is 2.16. The van der Waals surface area contributed by atoms with Crippen LogP contribution < -0.4 is 10.1 Å². The van der Waals surface area contributed by atoms with E-state index in [2.05, 4.69) is 5.32 Å². The Bertz CT molecular complexity index is 752. The smallest absolute Gasteiger partial charge is 0.271 e. The first-order chi connectivity index (χ1) is 10.9. The second kappa shape index (κ2) is 7.30. The predicted octanol–water partition coefficient (Wildman–Crippen LogP) is 4.31. The molecule has 6 nitrogen and oxygen atoms in total. The Labute approximate surface area is 142 Å². The minimum Gasteiger partial charge on any atom is -0.481 e. The fourth-order valence-electron chi connectivity index (χ4n) is 1.75. The van der Waals surface area contributed by atoms with Crippen LogP contribution in [0.4, 0.5) is 11.4 Å². The molecular formula is C15H12Cl2N2O4. The molecule has 0 saturated heterocycles. The lowest BCUT2D eigenvalue weighted by molar-refractivity contribution is -0.384. The second-order valence-corrected chi connectivity index (χ2v) is 5.45. The van der Waals surface area contributed by atoms with Gasteiger partial charge in [-0.15, -0.1) is 0 Å². The summed E-state index contributed by atoms with van der Waals surface area (Å²) in [6.45, 7) is 1.55. The molecule has 0 fully saturated rings. The maximum Gasteiger partial charge on any atom is 0.271 e. The molecule has 0 aliphatic carbocycles. The summed E-state index contributed by atoms with van der Waals surface area (Å²) in [5.74, 6) is -0.0577. The Morgan fingerprint density at radius 2 is 1.96 bits per heavy atom. The highest BCUT2D eigenvalue weighted by molar-refractivity contribution is 6.42. The second-order valence-electron chi connectivity index (χ2n) is 4.63.